The molecule has 0 bridgehead atoms. The summed E-state index contributed by atoms with van der Waals surface area (Å²) in [4.78, 5) is 22.5. The lowest BCUT2D eigenvalue weighted by atomic mass is 10.2. The number of nitro benzene ring substituents is 1. The molecule has 0 atom stereocenters. The van der Waals surface area contributed by atoms with E-state index in [1.165, 1.54) is 42.5 Å². The molecule has 0 aliphatic carbocycles. The molecule has 0 unspecified atom stereocenters. The summed E-state index contributed by atoms with van der Waals surface area (Å²) >= 11 is 0. The first-order valence-corrected chi connectivity index (χ1v) is 7.65. The van der Waals surface area contributed by atoms with Crippen LogP contribution in [0.4, 0.5) is 15.8 Å². The van der Waals surface area contributed by atoms with Crippen molar-refractivity contribution in [3.63, 3.8) is 0 Å². The molecule has 2 aromatic rings. The van der Waals surface area contributed by atoms with E-state index in [0.717, 1.165) is 6.42 Å². The van der Waals surface area contributed by atoms with E-state index in [1.54, 1.807) is 12.1 Å². The third kappa shape index (κ3) is 5.42. The third-order valence-electron chi connectivity index (χ3n) is 3.17. The van der Waals surface area contributed by atoms with E-state index in [-0.39, 0.29) is 11.4 Å². The molecule has 130 valence electrons. The Morgan fingerprint density at radius 3 is 2.80 bits per heavy atom. The van der Waals surface area contributed by atoms with Crippen molar-refractivity contribution in [2.24, 2.45) is 0 Å². The highest BCUT2D eigenvalue weighted by molar-refractivity contribution is 6.03. The van der Waals surface area contributed by atoms with Crippen molar-refractivity contribution in [2.45, 2.75) is 13.3 Å². The molecule has 0 heterocycles. The van der Waals surface area contributed by atoms with Crippen LogP contribution in [0.5, 0.6) is 5.75 Å². The molecule has 0 aromatic heterocycles. The minimum atomic E-state index is -0.593. The van der Waals surface area contributed by atoms with E-state index in [2.05, 4.69) is 5.32 Å². The number of benzene rings is 2. The molecular formula is C18H17FN2O4. The van der Waals surface area contributed by atoms with Gasteiger partial charge in [0, 0.05) is 6.08 Å². The number of carbonyl (C=O) groups excluding carboxylic acids is 1. The molecular weight excluding hydrogens is 327 g/mol. The SMILES string of the molecule is CCCOc1ccc(NC(=O)/C=C/c2cccc(F)c2)c([N+](=O)[O-])c1. The number of anilines is 1. The van der Waals surface area contributed by atoms with Crippen LogP contribution in [0.2, 0.25) is 0 Å². The molecule has 0 saturated carbocycles. The van der Waals surface area contributed by atoms with Crippen LogP contribution in [-0.4, -0.2) is 17.4 Å². The maximum absolute atomic E-state index is 13.1. The first-order valence-electron chi connectivity index (χ1n) is 7.65. The van der Waals surface area contributed by atoms with Gasteiger partial charge in [-0.05, 0) is 42.3 Å². The number of carbonyl (C=O) groups is 1. The van der Waals surface area contributed by atoms with Crippen molar-refractivity contribution in [1.82, 2.24) is 0 Å². The topological polar surface area (TPSA) is 81.5 Å². The molecule has 2 aromatic carbocycles. The molecule has 0 aliphatic rings. The molecule has 25 heavy (non-hydrogen) atoms. The van der Waals surface area contributed by atoms with Crippen LogP contribution in [0.3, 0.4) is 0 Å². The van der Waals surface area contributed by atoms with E-state index in [9.17, 15) is 19.3 Å². The van der Waals surface area contributed by atoms with E-state index in [1.807, 2.05) is 6.92 Å². The second kappa shape index (κ2) is 8.58. The highest BCUT2D eigenvalue weighted by Crippen LogP contribution is 2.29. The molecule has 1 N–H and O–H groups in total. The average Bonchev–Trinajstić information content (AvgIpc) is 2.59. The second-order valence-electron chi connectivity index (χ2n) is 5.16. The molecule has 7 heteroatoms. The Morgan fingerprint density at radius 1 is 1.32 bits per heavy atom. The van der Waals surface area contributed by atoms with Gasteiger partial charge in [0.25, 0.3) is 5.69 Å². The van der Waals surface area contributed by atoms with Crippen molar-refractivity contribution >= 4 is 23.4 Å². The van der Waals surface area contributed by atoms with Crippen LogP contribution >= 0.6 is 0 Å². The van der Waals surface area contributed by atoms with Gasteiger partial charge < -0.3 is 10.1 Å². The fraction of sp³-hybridized carbons (Fsp3) is 0.167. The van der Waals surface area contributed by atoms with Crippen molar-refractivity contribution in [1.29, 1.82) is 0 Å². The number of hydrogen-bond donors (Lipinski definition) is 1. The zero-order valence-electron chi connectivity index (χ0n) is 13.6. The molecule has 0 spiro atoms. The molecule has 2 rings (SSSR count). The van der Waals surface area contributed by atoms with Crippen molar-refractivity contribution in [2.75, 3.05) is 11.9 Å². The summed E-state index contributed by atoms with van der Waals surface area (Å²) in [6, 6.07) is 9.95. The van der Waals surface area contributed by atoms with Gasteiger partial charge in [-0.2, -0.15) is 0 Å². The van der Waals surface area contributed by atoms with Gasteiger partial charge in [0.15, 0.2) is 0 Å². The Kier molecular flexibility index (Phi) is 6.22. The quantitative estimate of drug-likeness (QED) is 0.464. The Balaban J connectivity index is 2.12. The largest absolute Gasteiger partial charge is 0.493 e. The minimum Gasteiger partial charge on any atom is -0.493 e. The fourth-order valence-electron chi connectivity index (χ4n) is 2.03. The smallest absolute Gasteiger partial charge is 0.296 e. The maximum Gasteiger partial charge on any atom is 0.296 e. The number of nitrogens with one attached hydrogen (secondary N) is 1. The normalized spacial score (nSPS) is 10.6. The van der Waals surface area contributed by atoms with Crippen molar-refractivity contribution in [3.8, 4) is 5.75 Å². The summed E-state index contributed by atoms with van der Waals surface area (Å²) in [7, 11) is 0. The number of nitrogens with zero attached hydrogens (tertiary/aromatic N) is 1. The predicted molar refractivity (Wildman–Crippen MR) is 92.9 cm³/mol. The zero-order chi connectivity index (χ0) is 18.2. The van der Waals surface area contributed by atoms with Crippen LogP contribution in [0.25, 0.3) is 6.08 Å². The third-order valence-corrected chi connectivity index (χ3v) is 3.17. The molecule has 0 saturated heterocycles. The van der Waals surface area contributed by atoms with Gasteiger partial charge >= 0.3 is 0 Å². The zero-order valence-corrected chi connectivity index (χ0v) is 13.6. The van der Waals surface area contributed by atoms with Gasteiger partial charge in [-0.25, -0.2) is 4.39 Å². The second-order valence-corrected chi connectivity index (χ2v) is 5.16. The molecule has 1 amide bonds. The van der Waals surface area contributed by atoms with Gasteiger partial charge in [0.05, 0.1) is 17.6 Å². The van der Waals surface area contributed by atoms with Gasteiger partial charge in [-0.1, -0.05) is 19.1 Å². The number of nitro groups is 1. The van der Waals surface area contributed by atoms with Crippen LogP contribution < -0.4 is 10.1 Å². The van der Waals surface area contributed by atoms with Crippen LogP contribution in [0, 0.1) is 15.9 Å². The summed E-state index contributed by atoms with van der Waals surface area (Å²) in [5, 5.41) is 13.6. The predicted octanol–water partition coefficient (Wildman–Crippen LogP) is 4.17. The molecule has 0 fully saturated rings. The van der Waals surface area contributed by atoms with Crippen LogP contribution in [0.1, 0.15) is 18.9 Å². The highest BCUT2D eigenvalue weighted by Gasteiger charge is 2.16. The summed E-state index contributed by atoms with van der Waals surface area (Å²) in [5.74, 6) is -0.614. The molecule has 0 aliphatic heterocycles. The Hall–Kier alpha value is -3.22. The van der Waals surface area contributed by atoms with Crippen molar-refractivity contribution < 1.29 is 18.8 Å². The average molecular weight is 344 g/mol. The number of rotatable bonds is 7. The number of amides is 1. The first kappa shape index (κ1) is 18.1. The van der Waals surface area contributed by atoms with E-state index in [0.29, 0.717) is 17.9 Å². The summed E-state index contributed by atoms with van der Waals surface area (Å²) in [5.41, 5.74) is 0.303. The van der Waals surface area contributed by atoms with E-state index < -0.39 is 16.6 Å². The summed E-state index contributed by atoms with van der Waals surface area (Å²) in [6.07, 6.45) is 3.38. The lowest BCUT2D eigenvalue weighted by Gasteiger charge is -2.07. The maximum atomic E-state index is 13.1. The number of ether oxygens (including phenoxy) is 1. The Labute approximate surface area is 144 Å². The monoisotopic (exact) mass is 344 g/mol. The van der Waals surface area contributed by atoms with Gasteiger partial charge in [-0.3, -0.25) is 14.9 Å². The Bertz CT molecular complexity index is 805. The van der Waals surface area contributed by atoms with Crippen molar-refractivity contribution in [3.05, 3.63) is 70.0 Å². The summed E-state index contributed by atoms with van der Waals surface area (Å²) < 4.78 is 18.4. The Morgan fingerprint density at radius 2 is 2.12 bits per heavy atom. The standard InChI is InChI=1S/C18H17FN2O4/c1-2-10-25-15-7-8-16(17(12-15)21(23)24)20-18(22)9-6-13-4-3-5-14(19)11-13/h3-9,11-12H,2,10H2,1H3,(H,20,22)/b9-6+. The van der Waals surface area contributed by atoms with Crippen LogP contribution in [0.15, 0.2) is 48.5 Å². The molecule has 0 radical (unpaired) electrons. The van der Waals surface area contributed by atoms with Gasteiger partial charge in [0.1, 0.15) is 17.3 Å². The highest BCUT2D eigenvalue weighted by atomic mass is 19.1. The number of halogens is 1. The lowest BCUT2D eigenvalue weighted by molar-refractivity contribution is -0.384. The van der Waals surface area contributed by atoms with Gasteiger partial charge in [0.2, 0.25) is 5.91 Å². The van der Waals surface area contributed by atoms with Gasteiger partial charge in [-0.15, -0.1) is 0 Å². The number of hydrogen-bond acceptors (Lipinski definition) is 4. The van der Waals surface area contributed by atoms with E-state index >= 15 is 0 Å². The summed E-state index contributed by atoms with van der Waals surface area (Å²) in [6.45, 7) is 2.37. The first-order chi connectivity index (χ1) is 12.0. The van der Waals surface area contributed by atoms with Crippen LogP contribution in [-0.2, 0) is 4.79 Å². The molecule has 6 nitrogen and oxygen atoms in total. The minimum absolute atomic E-state index is 0.0581. The fourth-order valence-corrected chi connectivity index (χ4v) is 2.03. The van der Waals surface area contributed by atoms with E-state index in [4.69, 9.17) is 4.74 Å². The lowest BCUT2D eigenvalue weighted by Crippen LogP contribution is -2.10.